The van der Waals surface area contributed by atoms with Gasteiger partial charge < -0.3 is 14.3 Å². The zero-order chi connectivity index (χ0) is 16.7. The van der Waals surface area contributed by atoms with Gasteiger partial charge in [-0.3, -0.25) is 4.79 Å². The molecule has 0 unspecified atom stereocenters. The average Bonchev–Trinajstić information content (AvgIpc) is 3.09. The minimum atomic E-state index is -0.535. The number of aromatic hydroxyl groups is 1. The van der Waals surface area contributed by atoms with E-state index in [9.17, 15) is 14.7 Å². The van der Waals surface area contributed by atoms with E-state index in [1.54, 1.807) is 24.3 Å². The Labute approximate surface area is 137 Å². The molecule has 0 atom stereocenters. The van der Waals surface area contributed by atoms with Crippen LogP contribution >= 0.6 is 0 Å². The molecule has 1 heterocycles. The van der Waals surface area contributed by atoms with E-state index in [-0.39, 0.29) is 17.6 Å². The maximum atomic E-state index is 12.1. The SMILES string of the molecule is O=C(Oc1ccc2c(c1)oc(=O)c1cc(O)ccc12)C1CCCC1. The van der Waals surface area contributed by atoms with Crippen molar-refractivity contribution in [2.24, 2.45) is 5.92 Å². The van der Waals surface area contributed by atoms with Crippen molar-refractivity contribution < 1.29 is 19.1 Å². The summed E-state index contributed by atoms with van der Waals surface area (Å²) in [5.41, 5.74) is -0.178. The molecule has 0 saturated heterocycles. The number of esters is 1. The molecule has 3 aromatic rings. The predicted octanol–water partition coefficient (Wildman–Crippen LogP) is 3.75. The monoisotopic (exact) mass is 324 g/mol. The highest BCUT2D eigenvalue weighted by atomic mass is 16.5. The fourth-order valence-corrected chi connectivity index (χ4v) is 3.32. The first-order chi connectivity index (χ1) is 11.6. The van der Waals surface area contributed by atoms with Gasteiger partial charge in [0, 0.05) is 16.8 Å². The molecule has 1 fully saturated rings. The lowest BCUT2D eigenvalue weighted by molar-refractivity contribution is -0.138. The van der Waals surface area contributed by atoms with Crippen LogP contribution in [0.4, 0.5) is 0 Å². The number of benzene rings is 2. The lowest BCUT2D eigenvalue weighted by Crippen LogP contribution is -2.17. The van der Waals surface area contributed by atoms with Crippen LogP contribution < -0.4 is 10.4 Å². The summed E-state index contributed by atoms with van der Waals surface area (Å²) in [6.45, 7) is 0. The molecule has 2 aromatic carbocycles. The van der Waals surface area contributed by atoms with Crippen LogP contribution in [0.2, 0.25) is 0 Å². The van der Waals surface area contributed by atoms with Crippen molar-refractivity contribution in [1.29, 1.82) is 0 Å². The van der Waals surface area contributed by atoms with E-state index in [2.05, 4.69) is 0 Å². The Morgan fingerprint density at radius 2 is 1.79 bits per heavy atom. The van der Waals surface area contributed by atoms with Gasteiger partial charge in [0.15, 0.2) is 0 Å². The number of hydrogen-bond acceptors (Lipinski definition) is 5. The molecule has 0 spiro atoms. The average molecular weight is 324 g/mol. The van der Waals surface area contributed by atoms with Gasteiger partial charge in [0.05, 0.1) is 11.3 Å². The normalized spacial score (nSPS) is 15.2. The van der Waals surface area contributed by atoms with Crippen LogP contribution in [0.5, 0.6) is 11.5 Å². The third kappa shape index (κ3) is 2.52. The molecule has 4 rings (SSSR count). The molecule has 0 bridgehead atoms. The number of carbonyl (C=O) groups is 1. The summed E-state index contributed by atoms with van der Waals surface area (Å²) in [6, 6.07) is 9.60. The minimum Gasteiger partial charge on any atom is -0.508 e. The lowest BCUT2D eigenvalue weighted by atomic mass is 10.1. The molecule has 1 saturated carbocycles. The second-order valence-electron chi connectivity index (χ2n) is 6.18. The maximum Gasteiger partial charge on any atom is 0.344 e. The van der Waals surface area contributed by atoms with E-state index in [0.717, 1.165) is 31.1 Å². The molecule has 5 nitrogen and oxygen atoms in total. The van der Waals surface area contributed by atoms with E-state index in [4.69, 9.17) is 9.15 Å². The second-order valence-corrected chi connectivity index (χ2v) is 6.18. The summed E-state index contributed by atoms with van der Waals surface area (Å²) in [6.07, 6.45) is 3.86. The summed E-state index contributed by atoms with van der Waals surface area (Å²) < 4.78 is 10.8. The van der Waals surface area contributed by atoms with Crippen LogP contribution in [0.3, 0.4) is 0 Å². The maximum absolute atomic E-state index is 12.1. The molecule has 122 valence electrons. The van der Waals surface area contributed by atoms with Crippen LogP contribution in [-0.2, 0) is 4.79 Å². The molecule has 1 aliphatic rings. The molecule has 0 radical (unpaired) electrons. The first-order valence-corrected chi connectivity index (χ1v) is 8.03. The predicted molar refractivity (Wildman–Crippen MR) is 89.2 cm³/mol. The number of fused-ring (bicyclic) bond motifs is 3. The molecule has 0 aliphatic heterocycles. The first-order valence-electron chi connectivity index (χ1n) is 8.03. The van der Waals surface area contributed by atoms with Gasteiger partial charge in [0.2, 0.25) is 0 Å². The highest BCUT2D eigenvalue weighted by Gasteiger charge is 2.24. The molecule has 24 heavy (non-hydrogen) atoms. The van der Waals surface area contributed by atoms with Crippen LogP contribution in [-0.4, -0.2) is 11.1 Å². The molecular weight excluding hydrogens is 308 g/mol. The van der Waals surface area contributed by atoms with Crippen molar-refractivity contribution in [3.8, 4) is 11.5 Å². The fourth-order valence-electron chi connectivity index (χ4n) is 3.32. The molecule has 1 N–H and O–H groups in total. The number of hydrogen-bond donors (Lipinski definition) is 1. The summed E-state index contributed by atoms with van der Waals surface area (Å²) >= 11 is 0. The Morgan fingerprint density at radius 3 is 2.58 bits per heavy atom. The number of rotatable bonds is 2. The Hall–Kier alpha value is -2.82. The Morgan fingerprint density at radius 1 is 1.04 bits per heavy atom. The van der Waals surface area contributed by atoms with Gasteiger partial charge in [0.25, 0.3) is 0 Å². The number of ether oxygens (including phenoxy) is 1. The molecule has 1 aromatic heterocycles. The minimum absolute atomic E-state index is 0.0104. The number of carbonyl (C=O) groups excluding carboxylic acids is 1. The number of phenolic OH excluding ortho intramolecular Hbond substituents is 1. The van der Waals surface area contributed by atoms with E-state index < -0.39 is 5.63 Å². The molecule has 5 heteroatoms. The van der Waals surface area contributed by atoms with Crippen LogP contribution in [0.15, 0.2) is 45.6 Å². The lowest BCUT2D eigenvalue weighted by Gasteiger charge is -2.10. The van der Waals surface area contributed by atoms with Crippen LogP contribution in [0, 0.1) is 5.92 Å². The summed E-state index contributed by atoms with van der Waals surface area (Å²) in [4.78, 5) is 24.2. The Kier molecular flexibility index (Phi) is 3.49. The standard InChI is InChI=1S/C19H16O5/c20-12-5-7-14-15-8-6-13(23-18(21)11-3-1-2-4-11)10-17(15)24-19(22)16(14)9-12/h5-11,20H,1-4H2. The van der Waals surface area contributed by atoms with Gasteiger partial charge in [-0.05, 0) is 43.2 Å². The van der Waals surface area contributed by atoms with Gasteiger partial charge in [-0.15, -0.1) is 0 Å². The van der Waals surface area contributed by atoms with Crippen molar-refractivity contribution >= 4 is 27.7 Å². The van der Waals surface area contributed by atoms with Gasteiger partial charge >= 0.3 is 11.6 Å². The van der Waals surface area contributed by atoms with E-state index in [0.29, 0.717) is 22.1 Å². The molecule has 0 amide bonds. The number of phenols is 1. The zero-order valence-electron chi connectivity index (χ0n) is 13.0. The third-order valence-electron chi connectivity index (χ3n) is 4.58. The topological polar surface area (TPSA) is 76.7 Å². The van der Waals surface area contributed by atoms with E-state index in [1.165, 1.54) is 12.1 Å². The van der Waals surface area contributed by atoms with E-state index >= 15 is 0 Å². The summed E-state index contributed by atoms with van der Waals surface area (Å²) in [5, 5.41) is 11.3. The summed E-state index contributed by atoms with van der Waals surface area (Å²) in [5.74, 6) is 0.129. The molecule has 1 aliphatic carbocycles. The highest BCUT2D eigenvalue weighted by molar-refractivity contribution is 6.05. The summed E-state index contributed by atoms with van der Waals surface area (Å²) in [7, 11) is 0. The van der Waals surface area contributed by atoms with Gasteiger partial charge in [0.1, 0.15) is 17.1 Å². The van der Waals surface area contributed by atoms with Crippen LogP contribution in [0.25, 0.3) is 21.7 Å². The van der Waals surface area contributed by atoms with Crippen molar-refractivity contribution in [3.05, 3.63) is 46.8 Å². The van der Waals surface area contributed by atoms with E-state index in [1.807, 2.05) is 0 Å². The first kappa shape index (κ1) is 14.8. The van der Waals surface area contributed by atoms with Crippen molar-refractivity contribution in [2.45, 2.75) is 25.7 Å². The third-order valence-corrected chi connectivity index (χ3v) is 4.58. The van der Waals surface area contributed by atoms with Crippen molar-refractivity contribution in [1.82, 2.24) is 0 Å². The quantitative estimate of drug-likeness (QED) is 0.336. The zero-order valence-corrected chi connectivity index (χ0v) is 13.0. The van der Waals surface area contributed by atoms with Crippen LogP contribution in [0.1, 0.15) is 25.7 Å². The smallest absolute Gasteiger partial charge is 0.344 e. The van der Waals surface area contributed by atoms with Gasteiger partial charge in [-0.1, -0.05) is 12.8 Å². The van der Waals surface area contributed by atoms with Gasteiger partial charge in [-0.2, -0.15) is 0 Å². The van der Waals surface area contributed by atoms with Gasteiger partial charge in [-0.25, -0.2) is 4.79 Å². The second kappa shape index (κ2) is 5.67. The highest BCUT2D eigenvalue weighted by Crippen LogP contribution is 2.30. The van der Waals surface area contributed by atoms with Crippen molar-refractivity contribution in [2.75, 3.05) is 0 Å². The largest absolute Gasteiger partial charge is 0.508 e. The van der Waals surface area contributed by atoms with Crippen molar-refractivity contribution in [3.63, 3.8) is 0 Å². The Balaban J connectivity index is 1.75. The Bertz CT molecular complexity index is 996. The fraction of sp³-hybridized carbons (Fsp3) is 0.263. The molecular formula is C19H16O5.